The van der Waals surface area contributed by atoms with E-state index in [0.29, 0.717) is 6.61 Å². The van der Waals surface area contributed by atoms with Gasteiger partial charge in [0.2, 0.25) is 0 Å². The lowest BCUT2D eigenvalue weighted by Crippen LogP contribution is -2.17. The van der Waals surface area contributed by atoms with Gasteiger partial charge in [-0.25, -0.2) is 4.98 Å². The third-order valence-corrected chi connectivity index (χ3v) is 4.89. The van der Waals surface area contributed by atoms with E-state index in [1.807, 2.05) is 0 Å². The van der Waals surface area contributed by atoms with Gasteiger partial charge < -0.3 is 10.5 Å². The highest BCUT2D eigenvalue weighted by atomic mass is 32.1. The van der Waals surface area contributed by atoms with Crippen LogP contribution in [0, 0.1) is 0 Å². The van der Waals surface area contributed by atoms with E-state index in [0.717, 1.165) is 37.1 Å². The Morgan fingerprint density at radius 3 is 3.19 bits per heavy atom. The predicted molar refractivity (Wildman–Crippen MR) is 86.7 cm³/mol. The molecule has 1 aromatic carbocycles. The van der Waals surface area contributed by atoms with Gasteiger partial charge in [0.1, 0.15) is 12.4 Å². The summed E-state index contributed by atoms with van der Waals surface area (Å²) in [7, 11) is 0. The topological polar surface area (TPSA) is 48.1 Å². The predicted octanol–water partition coefficient (Wildman–Crippen LogP) is 4.01. The number of thiazole rings is 1. The Kier molecular flexibility index (Phi) is 4.56. The third-order valence-electron chi connectivity index (χ3n) is 3.93. The molecule has 1 aromatic heterocycles. The normalized spacial score (nSPS) is 17.5. The molecule has 0 bridgehead atoms. The van der Waals surface area contributed by atoms with E-state index in [4.69, 9.17) is 10.5 Å². The number of nitrogens with two attached hydrogens (primary N) is 1. The third kappa shape index (κ3) is 3.44. The van der Waals surface area contributed by atoms with Crippen molar-refractivity contribution >= 4 is 11.3 Å². The number of nitrogens with zero attached hydrogens (tertiary/aromatic N) is 1. The minimum atomic E-state index is 0.160. The van der Waals surface area contributed by atoms with Crippen LogP contribution in [0.3, 0.4) is 0 Å². The SMILES string of the molecule is CCCc1nc(COc2ccc3c(c2)[C@@H](N)CCC3)cs1. The zero-order valence-electron chi connectivity index (χ0n) is 12.5. The van der Waals surface area contributed by atoms with Crippen molar-refractivity contribution in [2.24, 2.45) is 5.73 Å². The maximum atomic E-state index is 6.19. The molecule has 0 saturated carbocycles. The van der Waals surface area contributed by atoms with Crippen molar-refractivity contribution in [2.75, 3.05) is 0 Å². The van der Waals surface area contributed by atoms with Gasteiger partial charge in [-0.15, -0.1) is 11.3 Å². The summed E-state index contributed by atoms with van der Waals surface area (Å²) in [4.78, 5) is 4.59. The lowest BCUT2D eigenvalue weighted by Gasteiger charge is -2.22. The molecule has 2 N–H and O–H groups in total. The lowest BCUT2D eigenvalue weighted by molar-refractivity contribution is 0.301. The number of hydrogen-bond acceptors (Lipinski definition) is 4. The lowest BCUT2D eigenvalue weighted by atomic mass is 9.88. The van der Waals surface area contributed by atoms with Crippen LogP contribution < -0.4 is 10.5 Å². The second kappa shape index (κ2) is 6.58. The summed E-state index contributed by atoms with van der Waals surface area (Å²) < 4.78 is 5.89. The standard InChI is InChI=1S/C17H22N2OS/c1-2-4-17-19-13(11-21-17)10-20-14-8-7-12-5-3-6-16(18)15(12)9-14/h7-9,11,16H,2-6,10,18H2,1H3/t16-/m0/s1. The molecule has 0 unspecified atom stereocenters. The minimum absolute atomic E-state index is 0.160. The van der Waals surface area contributed by atoms with Crippen molar-refractivity contribution in [2.45, 2.75) is 51.7 Å². The Morgan fingerprint density at radius 2 is 2.33 bits per heavy atom. The van der Waals surface area contributed by atoms with Gasteiger partial charge in [-0.05, 0) is 55.4 Å². The molecule has 1 heterocycles. The molecule has 21 heavy (non-hydrogen) atoms. The highest BCUT2D eigenvalue weighted by Gasteiger charge is 2.17. The van der Waals surface area contributed by atoms with Gasteiger partial charge in [0, 0.05) is 11.4 Å². The van der Waals surface area contributed by atoms with Crippen molar-refractivity contribution in [3.05, 3.63) is 45.4 Å². The average molecular weight is 302 g/mol. The fourth-order valence-electron chi connectivity index (χ4n) is 2.80. The van der Waals surface area contributed by atoms with E-state index < -0.39 is 0 Å². The van der Waals surface area contributed by atoms with Crippen LogP contribution in [0.1, 0.15) is 54.1 Å². The molecule has 0 saturated heterocycles. The fourth-order valence-corrected chi connectivity index (χ4v) is 3.69. The molecule has 0 amide bonds. The molecule has 0 radical (unpaired) electrons. The van der Waals surface area contributed by atoms with E-state index in [2.05, 4.69) is 35.5 Å². The Labute approximate surface area is 130 Å². The number of hydrogen-bond donors (Lipinski definition) is 1. The molecule has 0 spiro atoms. The molecule has 0 fully saturated rings. The summed E-state index contributed by atoms with van der Waals surface area (Å²) in [5, 5.41) is 3.29. The summed E-state index contributed by atoms with van der Waals surface area (Å²) in [6.45, 7) is 2.71. The summed E-state index contributed by atoms with van der Waals surface area (Å²) in [6.07, 6.45) is 5.58. The van der Waals surface area contributed by atoms with E-state index in [-0.39, 0.29) is 6.04 Å². The summed E-state index contributed by atoms with van der Waals surface area (Å²) in [5.74, 6) is 0.899. The first-order valence-electron chi connectivity index (χ1n) is 7.70. The van der Waals surface area contributed by atoms with E-state index in [1.165, 1.54) is 22.6 Å². The monoisotopic (exact) mass is 302 g/mol. The van der Waals surface area contributed by atoms with Gasteiger partial charge in [-0.3, -0.25) is 0 Å². The minimum Gasteiger partial charge on any atom is -0.487 e. The van der Waals surface area contributed by atoms with Gasteiger partial charge in [0.05, 0.1) is 10.7 Å². The van der Waals surface area contributed by atoms with Crippen molar-refractivity contribution < 1.29 is 4.74 Å². The van der Waals surface area contributed by atoms with E-state index in [9.17, 15) is 0 Å². The van der Waals surface area contributed by atoms with Gasteiger partial charge >= 0.3 is 0 Å². The first-order valence-corrected chi connectivity index (χ1v) is 8.58. The number of aromatic nitrogens is 1. The molecular weight excluding hydrogens is 280 g/mol. The highest BCUT2D eigenvalue weighted by Crippen LogP contribution is 2.31. The number of rotatable bonds is 5. The Morgan fingerprint density at radius 1 is 1.43 bits per heavy atom. The molecule has 0 aliphatic heterocycles. The summed E-state index contributed by atoms with van der Waals surface area (Å²) in [5.41, 5.74) is 9.84. The maximum Gasteiger partial charge on any atom is 0.131 e. The smallest absolute Gasteiger partial charge is 0.131 e. The van der Waals surface area contributed by atoms with Gasteiger partial charge in [-0.1, -0.05) is 13.0 Å². The summed E-state index contributed by atoms with van der Waals surface area (Å²) >= 11 is 1.72. The number of fused-ring (bicyclic) bond motifs is 1. The molecule has 4 heteroatoms. The molecule has 2 aromatic rings. The van der Waals surface area contributed by atoms with Crippen LogP contribution in [-0.2, 0) is 19.4 Å². The first kappa shape index (κ1) is 14.5. The highest BCUT2D eigenvalue weighted by molar-refractivity contribution is 7.09. The van der Waals surface area contributed by atoms with Crippen LogP contribution in [0.25, 0.3) is 0 Å². The molecule has 3 nitrogen and oxygen atoms in total. The second-order valence-corrected chi connectivity index (χ2v) is 6.57. The maximum absolute atomic E-state index is 6.19. The van der Waals surface area contributed by atoms with Crippen LogP contribution in [0.15, 0.2) is 23.6 Å². The Bertz CT molecular complexity index is 609. The zero-order chi connectivity index (χ0) is 14.7. The van der Waals surface area contributed by atoms with Crippen molar-refractivity contribution in [3.63, 3.8) is 0 Å². The number of ether oxygens (including phenoxy) is 1. The zero-order valence-corrected chi connectivity index (χ0v) is 13.3. The number of aryl methyl sites for hydroxylation is 2. The van der Waals surface area contributed by atoms with E-state index in [1.54, 1.807) is 11.3 Å². The molecular formula is C17H22N2OS. The van der Waals surface area contributed by atoms with Crippen molar-refractivity contribution in [1.82, 2.24) is 4.98 Å². The van der Waals surface area contributed by atoms with Gasteiger partial charge in [-0.2, -0.15) is 0 Å². The summed E-state index contributed by atoms with van der Waals surface area (Å²) in [6, 6.07) is 6.48. The first-order chi connectivity index (χ1) is 10.3. The molecule has 1 aliphatic rings. The van der Waals surface area contributed by atoms with Crippen LogP contribution in [0.4, 0.5) is 0 Å². The quantitative estimate of drug-likeness (QED) is 0.907. The molecule has 3 rings (SSSR count). The molecule has 1 atom stereocenters. The average Bonchev–Trinajstić information content (AvgIpc) is 2.94. The van der Waals surface area contributed by atoms with Crippen molar-refractivity contribution in [1.29, 1.82) is 0 Å². The largest absolute Gasteiger partial charge is 0.487 e. The van der Waals surface area contributed by atoms with Crippen LogP contribution in [0.2, 0.25) is 0 Å². The molecule has 112 valence electrons. The Balaban J connectivity index is 1.66. The van der Waals surface area contributed by atoms with Crippen molar-refractivity contribution in [3.8, 4) is 5.75 Å². The van der Waals surface area contributed by atoms with Crippen LogP contribution in [0.5, 0.6) is 5.75 Å². The van der Waals surface area contributed by atoms with Crippen LogP contribution >= 0.6 is 11.3 Å². The van der Waals surface area contributed by atoms with Gasteiger partial charge in [0.15, 0.2) is 0 Å². The second-order valence-electron chi connectivity index (χ2n) is 5.63. The molecule has 1 aliphatic carbocycles. The van der Waals surface area contributed by atoms with E-state index >= 15 is 0 Å². The fraction of sp³-hybridized carbons (Fsp3) is 0.471. The van der Waals surface area contributed by atoms with Crippen LogP contribution in [-0.4, -0.2) is 4.98 Å². The Hall–Kier alpha value is -1.39. The van der Waals surface area contributed by atoms with Gasteiger partial charge in [0.25, 0.3) is 0 Å². The number of benzene rings is 1.